The summed E-state index contributed by atoms with van der Waals surface area (Å²) >= 11 is 2.70. The van der Waals surface area contributed by atoms with E-state index in [2.05, 4.69) is 10.5 Å². The Balaban J connectivity index is 1.50. The summed E-state index contributed by atoms with van der Waals surface area (Å²) in [5.74, 6) is -0.222. The lowest BCUT2D eigenvalue weighted by molar-refractivity contribution is -0.118. The minimum atomic E-state index is -0.284. The van der Waals surface area contributed by atoms with Crippen molar-refractivity contribution in [2.75, 3.05) is 5.75 Å². The second kappa shape index (κ2) is 10.7. The maximum absolute atomic E-state index is 13.9. The number of thioether (sulfide) groups is 1. The first-order valence-electron chi connectivity index (χ1n) is 11.3. The fourth-order valence-electron chi connectivity index (χ4n) is 3.88. The van der Waals surface area contributed by atoms with Crippen molar-refractivity contribution >= 4 is 45.4 Å². The minimum absolute atomic E-state index is 0.0623. The Hall–Kier alpha value is -4.01. The van der Waals surface area contributed by atoms with Gasteiger partial charge in [-0.3, -0.25) is 14.2 Å². The van der Waals surface area contributed by atoms with Gasteiger partial charge in [-0.1, -0.05) is 90.6 Å². The molecule has 178 valence electrons. The van der Waals surface area contributed by atoms with Crippen LogP contribution in [0.25, 0.3) is 27.0 Å². The quantitative estimate of drug-likeness (QED) is 0.133. The molecule has 0 saturated carbocycles. The zero-order valence-corrected chi connectivity index (χ0v) is 21.1. The number of hydrogen-bond donors (Lipinski definition) is 1. The van der Waals surface area contributed by atoms with E-state index >= 15 is 0 Å². The molecule has 0 aliphatic carbocycles. The zero-order valence-electron chi connectivity index (χ0n) is 19.4. The van der Waals surface area contributed by atoms with Crippen LogP contribution in [0, 0.1) is 6.92 Å². The summed E-state index contributed by atoms with van der Waals surface area (Å²) in [7, 11) is 0. The van der Waals surface area contributed by atoms with Gasteiger partial charge in [0.25, 0.3) is 11.5 Å². The van der Waals surface area contributed by atoms with Crippen LogP contribution in [-0.2, 0) is 4.79 Å². The van der Waals surface area contributed by atoms with Gasteiger partial charge in [0.05, 0.1) is 23.0 Å². The number of benzene rings is 3. The summed E-state index contributed by atoms with van der Waals surface area (Å²) in [5.41, 5.74) is 5.86. The molecule has 1 amide bonds. The van der Waals surface area contributed by atoms with Crippen LogP contribution in [-0.4, -0.2) is 27.4 Å². The van der Waals surface area contributed by atoms with Gasteiger partial charge >= 0.3 is 0 Å². The van der Waals surface area contributed by atoms with Gasteiger partial charge in [-0.2, -0.15) is 5.10 Å². The summed E-state index contributed by atoms with van der Waals surface area (Å²) in [6.45, 7) is 2.01. The van der Waals surface area contributed by atoms with Crippen molar-refractivity contribution in [3.8, 4) is 16.8 Å². The monoisotopic (exact) mass is 510 g/mol. The number of amides is 1. The summed E-state index contributed by atoms with van der Waals surface area (Å²) in [5, 5.41) is 5.08. The van der Waals surface area contributed by atoms with E-state index in [4.69, 9.17) is 4.98 Å². The molecule has 0 fully saturated rings. The average Bonchev–Trinajstić information content (AvgIpc) is 3.25. The number of hydrogen-bond acceptors (Lipinski definition) is 6. The van der Waals surface area contributed by atoms with Crippen molar-refractivity contribution in [1.29, 1.82) is 0 Å². The normalized spacial score (nSPS) is 11.2. The molecule has 0 aliphatic heterocycles. The Morgan fingerprint density at radius 1 is 1.00 bits per heavy atom. The summed E-state index contributed by atoms with van der Waals surface area (Å²) < 4.78 is 1.59. The average molecular weight is 511 g/mol. The van der Waals surface area contributed by atoms with Crippen molar-refractivity contribution in [3.05, 3.63) is 112 Å². The largest absolute Gasteiger partial charge is 0.272 e. The smallest absolute Gasteiger partial charge is 0.268 e. The number of aryl methyl sites for hydroxylation is 1. The maximum atomic E-state index is 13.9. The van der Waals surface area contributed by atoms with Crippen LogP contribution in [0.5, 0.6) is 0 Å². The molecular weight excluding hydrogens is 488 g/mol. The van der Waals surface area contributed by atoms with E-state index in [1.165, 1.54) is 23.1 Å². The van der Waals surface area contributed by atoms with Crippen molar-refractivity contribution in [2.45, 2.75) is 12.1 Å². The second-order valence-corrected chi connectivity index (χ2v) is 10.1. The molecule has 0 unspecified atom stereocenters. The molecule has 5 rings (SSSR count). The van der Waals surface area contributed by atoms with Gasteiger partial charge in [-0.15, -0.1) is 11.3 Å². The molecule has 0 radical (unpaired) electrons. The molecule has 0 bridgehead atoms. The molecule has 0 aliphatic rings. The van der Waals surface area contributed by atoms with Crippen molar-refractivity contribution in [3.63, 3.8) is 0 Å². The number of nitrogens with zero attached hydrogens (tertiary/aromatic N) is 3. The van der Waals surface area contributed by atoms with E-state index in [1.807, 2.05) is 97.9 Å². The first-order chi connectivity index (χ1) is 17.6. The number of aromatic nitrogens is 2. The Bertz CT molecular complexity index is 1600. The molecule has 0 spiro atoms. The fraction of sp³-hybridized carbons (Fsp3) is 0.0714. The van der Waals surface area contributed by atoms with Crippen molar-refractivity contribution in [2.24, 2.45) is 5.10 Å². The number of nitrogens with one attached hydrogen (secondary N) is 1. The first kappa shape index (κ1) is 23.7. The fourth-order valence-corrected chi connectivity index (χ4v) is 5.77. The van der Waals surface area contributed by atoms with Gasteiger partial charge in [0.2, 0.25) is 0 Å². The molecule has 3 aromatic carbocycles. The molecule has 1 N–H and O–H groups in total. The molecule has 0 atom stereocenters. The molecule has 6 nitrogen and oxygen atoms in total. The van der Waals surface area contributed by atoms with Crippen LogP contribution in [0.15, 0.2) is 106 Å². The van der Waals surface area contributed by atoms with Gasteiger partial charge in [0.15, 0.2) is 5.16 Å². The number of carbonyl (C=O) groups excluding carboxylic acids is 1. The van der Waals surface area contributed by atoms with E-state index in [-0.39, 0.29) is 17.2 Å². The van der Waals surface area contributed by atoms with Crippen LogP contribution in [0.3, 0.4) is 0 Å². The van der Waals surface area contributed by atoms with Gasteiger partial charge in [-0.25, -0.2) is 10.4 Å². The highest BCUT2D eigenvalue weighted by Gasteiger charge is 2.21. The third-order valence-electron chi connectivity index (χ3n) is 5.48. The third-order valence-corrected chi connectivity index (χ3v) is 7.42. The highest BCUT2D eigenvalue weighted by atomic mass is 32.2. The Kier molecular flexibility index (Phi) is 7.06. The van der Waals surface area contributed by atoms with Gasteiger partial charge in [0.1, 0.15) is 4.83 Å². The van der Waals surface area contributed by atoms with Crippen molar-refractivity contribution < 1.29 is 4.79 Å². The zero-order chi connectivity index (χ0) is 24.9. The van der Waals surface area contributed by atoms with Crippen LogP contribution >= 0.6 is 23.1 Å². The second-order valence-electron chi connectivity index (χ2n) is 7.94. The number of thiophene rings is 1. The Morgan fingerprint density at radius 3 is 2.33 bits per heavy atom. The third kappa shape index (κ3) is 5.00. The number of para-hydroxylation sites is 1. The van der Waals surface area contributed by atoms with E-state index < -0.39 is 0 Å². The van der Waals surface area contributed by atoms with Gasteiger partial charge < -0.3 is 0 Å². The predicted molar refractivity (Wildman–Crippen MR) is 148 cm³/mol. The van der Waals surface area contributed by atoms with E-state index in [0.29, 0.717) is 21.1 Å². The minimum Gasteiger partial charge on any atom is -0.272 e. The lowest BCUT2D eigenvalue weighted by Gasteiger charge is -2.12. The highest BCUT2D eigenvalue weighted by Crippen LogP contribution is 2.36. The van der Waals surface area contributed by atoms with Crippen LogP contribution < -0.4 is 11.0 Å². The SMILES string of the molecule is Cc1sc2nc(SCC(=O)N/N=C/c3ccccc3)n(-c3ccccc3)c(=O)c2c1-c1ccccc1. The molecule has 0 saturated heterocycles. The number of hydrazone groups is 1. The van der Waals surface area contributed by atoms with Crippen LogP contribution in [0.4, 0.5) is 0 Å². The lowest BCUT2D eigenvalue weighted by atomic mass is 10.0. The van der Waals surface area contributed by atoms with E-state index in [0.717, 1.165) is 21.6 Å². The summed E-state index contributed by atoms with van der Waals surface area (Å²) in [6.07, 6.45) is 1.59. The molecule has 8 heteroatoms. The summed E-state index contributed by atoms with van der Waals surface area (Å²) in [6, 6.07) is 28.8. The Morgan fingerprint density at radius 2 is 1.64 bits per heavy atom. The molecule has 2 heterocycles. The number of rotatable bonds is 7. The van der Waals surface area contributed by atoms with Gasteiger partial charge in [0, 0.05) is 10.4 Å². The number of carbonyl (C=O) groups is 1. The first-order valence-corrected chi connectivity index (χ1v) is 13.1. The lowest BCUT2D eigenvalue weighted by Crippen LogP contribution is -2.24. The molecule has 36 heavy (non-hydrogen) atoms. The van der Waals surface area contributed by atoms with E-state index in [9.17, 15) is 9.59 Å². The standard InChI is InChI=1S/C28H22N4O2S2/c1-19-24(21-13-7-3-8-14-21)25-26(36-19)30-28(32(27(25)34)22-15-9-4-10-16-22)35-18-23(33)31-29-17-20-11-5-2-6-12-20/h2-17H,18H2,1H3,(H,31,33)/b29-17+. The van der Waals surface area contributed by atoms with Crippen LogP contribution in [0.1, 0.15) is 10.4 Å². The predicted octanol–water partition coefficient (Wildman–Crippen LogP) is 5.67. The van der Waals surface area contributed by atoms with Gasteiger partial charge in [-0.05, 0) is 30.2 Å². The highest BCUT2D eigenvalue weighted by molar-refractivity contribution is 7.99. The molecule has 5 aromatic rings. The maximum Gasteiger partial charge on any atom is 0.268 e. The molecular formula is C28H22N4O2S2. The Labute approximate surface area is 216 Å². The summed E-state index contributed by atoms with van der Waals surface area (Å²) in [4.78, 5) is 32.9. The van der Waals surface area contributed by atoms with Crippen molar-refractivity contribution in [1.82, 2.24) is 15.0 Å². The molecule has 2 aromatic heterocycles. The number of fused-ring (bicyclic) bond motifs is 1. The van der Waals surface area contributed by atoms with Crippen LogP contribution in [0.2, 0.25) is 0 Å². The van der Waals surface area contributed by atoms with E-state index in [1.54, 1.807) is 10.8 Å². The topological polar surface area (TPSA) is 76.3 Å².